The summed E-state index contributed by atoms with van der Waals surface area (Å²) in [5, 5.41) is 3.09. The molecule has 0 saturated carbocycles. The number of halogens is 1. The minimum absolute atomic E-state index is 0.144. The van der Waals surface area contributed by atoms with Gasteiger partial charge in [0.1, 0.15) is 0 Å². The quantitative estimate of drug-likeness (QED) is 0.574. The fraction of sp³-hybridized carbons (Fsp3) is 0.435. The molecule has 2 aromatic carbocycles. The summed E-state index contributed by atoms with van der Waals surface area (Å²) in [6, 6.07) is 12.6. The van der Waals surface area contributed by atoms with Gasteiger partial charge >= 0.3 is 0 Å². The molecule has 1 saturated heterocycles. The number of carbonyl (C=O) groups is 1. The van der Waals surface area contributed by atoms with Gasteiger partial charge < -0.3 is 10.2 Å². The summed E-state index contributed by atoms with van der Waals surface area (Å²) >= 11 is 6.24. The molecule has 1 aliphatic rings. The molecular formula is C23H30ClN3O3S. The average Bonchev–Trinajstić information content (AvgIpc) is 2.72. The molecule has 0 spiro atoms. The van der Waals surface area contributed by atoms with E-state index in [0.717, 1.165) is 37.9 Å². The van der Waals surface area contributed by atoms with E-state index in [4.69, 9.17) is 11.6 Å². The number of rotatable bonds is 8. The lowest BCUT2D eigenvalue weighted by Crippen LogP contribution is -2.40. The number of amides is 1. The average molecular weight is 464 g/mol. The van der Waals surface area contributed by atoms with Crippen molar-refractivity contribution in [3.8, 4) is 0 Å². The Bertz CT molecular complexity index is 988. The van der Waals surface area contributed by atoms with Crippen LogP contribution in [0.5, 0.6) is 0 Å². The number of likely N-dealkylation sites (tertiary alicyclic amines) is 1. The summed E-state index contributed by atoms with van der Waals surface area (Å²) in [6.45, 7) is 8.37. The summed E-state index contributed by atoms with van der Waals surface area (Å²) in [4.78, 5) is 15.1. The Morgan fingerprint density at radius 1 is 1.10 bits per heavy atom. The van der Waals surface area contributed by atoms with Crippen molar-refractivity contribution in [2.45, 2.75) is 31.6 Å². The summed E-state index contributed by atoms with van der Waals surface area (Å²) in [5.74, 6) is 1.22. The van der Waals surface area contributed by atoms with Crippen LogP contribution >= 0.6 is 11.6 Å². The van der Waals surface area contributed by atoms with Crippen LogP contribution in [0.3, 0.4) is 0 Å². The molecule has 0 aromatic heterocycles. The number of carbonyl (C=O) groups excluding carboxylic acids is 1. The third-order valence-electron chi connectivity index (χ3n) is 5.41. The summed E-state index contributed by atoms with van der Waals surface area (Å²) in [6.07, 6.45) is 2.17. The van der Waals surface area contributed by atoms with E-state index in [2.05, 4.69) is 28.8 Å². The topological polar surface area (TPSA) is 78.5 Å². The first-order valence-electron chi connectivity index (χ1n) is 10.6. The van der Waals surface area contributed by atoms with Gasteiger partial charge in [0.2, 0.25) is 0 Å². The van der Waals surface area contributed by atoms with Crippen LogP contribution in [0.15, 0.2) is 53.4 Å². The van der Waals surface area contributed by atoms with E-state index in [0.29, 0.717) is 12.1 Å². The second-order valence-corrected chi connectivity index (χ2v) is 10.5. The van der Waals surface area contributed by atoms with Crippen molar-refractivity contribution in [1.82, 2.24) is 10.2 Å². The van der Waals surface area contributed by atoms with E-state index < -0.39 is 10.0 Å². The highest BCUT2D eigenvalue weighted by Gasteiger charge is 2.21. The lowest BCUT2D eigenvalue weighted by Gasteiger charge is -2.34. The normalized spacial score (nSPS) is 19.7. The van der Waals surface area contributed by atoms with Crippen LogP contribution in [0.2, 0.25) is 5.02 Å². The van der Waals surface area contributed by atoms with Gasteiger partial charge in [0, 0.05) is 25.2 Å². The first kappa shape index (κ1) is 23.6. The van der Waals surface area contributed by atoms with E-state index in [1.165, 1.54) is 30.7 Å². The van der Waals surface area contributed by atoms with Crippen molar-refractivity contribution >= 4 is 33.2 Å². The van der Waals surface area contributed by atoms with Gasteiger partial charge in [-0.3, -0.25) is 9.52 Å². The number of nitrogens with one attached hydrogen (secondary N) is 2. The zero-order valence-corrected chi connectivity index (χ0v) is 19.5. The molecule has 1 fully saturated rings. The lowest BCUT2D eigenvalue weighted by atomic mass is 9.92. The van der Waals surface area contributed by atoms with Crippen LogP contribution in [0.4, 0.5) is 5.69 Å². The molecule has 168 valence electrons. The molecule has 2 N–H and O–H groups in total. The molecule has 0 bridgehead atoms. The SMILES string of the molecule is C[C@@H]1C[C@H](C)CN(CCCNC(=O)c2ccc(NS(=O)(=O)c3ccccc3)c(Cl)c2)C1. The van der Waals surface area contributed by atoms with Crippen molar-refractivity contribution < 1.29 is 13.2 Å². The van der Waals surface area contributed by atoms with E-state index in [-0.39, 0.29) is 21.5 Å². The Morgan fingerprint density at radius 2 is 1.77 bits per heavy atom. The predicted molar refractivity (Wildman–Crippen MR) is 125 cm³/mol. The number of hydrogen-bond acceptors (Lipinski definition) is 4. The van der Waals surface area contributed by atoms with Gasteiger partial charge in [-0.15, -0.1) is 0 Å². The highest BCUT2D eigenvalue weighted by Crippen LogP contribution is 2.26. The zero-order chi connectivity index (χ0) is 22.4. The second-order valence-electron chi connectivity index (χ2n) is 8.43. The number of anilines is 1. The first-order valence-corrected chi connectivity index (χ1v) is 12.5. The molecule has 1 aliphatic heterocycles. The molecule has 2 aromatic rings. The Labute approximate surface area is 190 Å². The molecule has 1 amide bonds. The Hall–Kier alpha value is -2.09. The number of nitrogens with zero attached hydrogens (tertiary/aromatic N) is 1. The molecule has 0 aliphatic carbocycles. The third kappa shape index (κ3) is 6.69. The van der Waals surface area contributed by atoms with Crippen molar-refractivity contribution in [3.63, 3.8) is 0 Å². The lowest BCUT2D eigenvalue weighted by molar-refractivity contribution is 0.0947. The van der Waals surface area contributed by atoms with Gasteiger partial charge in [-0.2, -0.15) is 0 Å². The number of sulfonamides is 1. The van der Waals surface area contributed by atoms with Crippen molar-refractivity contribution in [2.24, 2.45) is 11.8 Å². The fourth-order valence-electron chi connectivity index (χ4n) is 4.12. The predicted octanol–water partition coefficient (Wildman–Crippen LogP) is 4.24. The van der Waals surface area contributed by atoms with Gasteiger partial charge in [0.05, 0.1) is 15.6 Å². The maximum absolute atomic E-state index is 12.5. The van der Waals surface area contributed by atoms with Crippen molar-refractivity contribution in [3.05, 3.63) is 59.1 Å². The van der Waals surface area contributed by atoms with Crippen molar-refractivity contribution in [1.29, 1.82) is 0 Å². The minimum atomic E-state index is -3.74. The molecular weight excluding hydrogens is 434 g/mol. The van der Waals surface area contributed by atoms with E-state index in [1.54, 1.807) is 24.3 Å². The maximum Gasteiger partial charge on any atom is 0.261 e. The van der Waals surface area contributed by atoms with Crippen molar-refractivity contribution in [2.75, 3.05) is 30.9 Å². The summed E-state index contributed by atoms with van der Waals surface area (Å²) in [5.41, 5.74) is 0.628. The van der Waals surface area contributed by atoms with Crippen LogP contribution in [0.1, 0.15) is 37.0 Å². The minimum Gasteiger partial charge on any atom is -0.352 e. The van der Waals surface area contributed by atoms with Crippen LogP contribution in [0.25, 0.3) is 0 Å². The molecule has 1 heterocycles. The molecule has 0 radical (unpaired) electrons. The van der Waals surface area contributed by atoms with Gasteiger partial charge in [-0.1, -0.05) is 43.6 Å². The van der Waals surface area contributed by atoms with Crippen LogP contribution < -0.4 is 10.0 Å². The Kier molecular flexibility index (Phi) is 7.97. The highest BCUT2D eigenvalue weighted by atomic mass is 35.5. The van der Waals surface area contributed by atoms with E-state index in [9.17, 15) is 13.2 Å². The number of piperidine rings is 1. The zero-order valence-electron chi connectivity index (χ0n) is 18.0. The van der Waals surface area contributed by atoms with Gasteiger partial charge in [-0.25, -0.2) is 8.42 Å². The van der Waals surface area contributed by atoms with E-state index in [1.807, 2.05) is 0 Å². The maximum atomic E-state index is 12.5. The molecule has 6 nitrogen and oxygen atoms in total. The smallest absolute Gasteiger partial charge is 0.261 e. The molecule has 2 atom stereocenters. The van der Waals surface area contributed by atoms with E-state index >= 15 is 0 Å². The molecule has 3 rings (SSSR count). The summed E-state index contributed by atoms with van der Waals surface area (Å²) < 4.78 is 27.4. The largest absolute Gasteiger partial charge is 0.352 e. The van der Waals surface area contributed by atoms with Gasteiger partial charge in [0.25, 0.3) is 15.9 Å². The monoisotopic (exact) mass is 463 g/mol. The first-order chi connectivity index (χ1) is 14.7. The Morgan fingerprint density at radius 3 is 2.42 bits per heavy atom. The van der Waals surface area contributed by atoms with Crippen LogP contribution in [0, 0.1) is 11.8 Å². The molecule has 0 unspecified atom stereocenters. The fourth-order valence-corrected chi connectivity index (χ4v) is 5.51. The molecule has 31 heavy (non-hydrogen) atoms. The second kappa shape index (κ2) is 10.5. The number of hydrogen-bond donors (Lipinski definition) is 2. The van der Waals surface area contributed by atoms with Gasteiger partial charge in [0.15, 0.2) is 0 Å². The van der Waals surface area contributed by atoms with Crippen LogP contribution in [-0.4, -0.2) is 45.4 Å². The molecule has 8 heteroatoms. The van der Waals surface area contributed by atoms with Gasteiger partial charge in [-0.05, 0) is 61.6 Å². The van der Waals surface area contributed by atoms with Crippen LogP contribution in [-0.2, 0) is 10.0 Å². The number of benzene rings is 2. The standard InChI is InChI=1S/C23H30ClN3O3S/c1-17-13-18(2)16-27(15-17)12-6-11-25-23(28)19-9-10-22(21(24)14-19)26-31(29,30)20-7-4-3-5-8-20/h3-5,7-10,14,17-18,26H,6,11-13,15-16H2,1-2H3,(H,25,28)/t17-,18+. The summed E-state index contributed by atoms with van der Waals surface area (Å²) in [7, 11) is -3.74. The third-order valence-corrected chi connectivity index (χ3v) is 7.10. The highest BCUT2D eigenvalue weighted by molar-refractivity contribution is 7.92. The Balaban J connectivity index is 1.51.